The number of rotatable bonds is 7. The fraction of sp³-hybridized carbons (Fsp3) is 0.238. The van der Waals surface area contributed by atoms with Gasteiger partial charge in [-0.1, -0.05) is 6.07 Å². The van der Waals surface area contributed by atoms with Gasteiger partial charge in [-0.05, 0) is 42.8 Å². The fourth-order valence-electron chi connectivity index (χ4n) is 3.05. The number of fused-ring (bicyclic) bond motifs is 1. The fourth-order valence-corrected chi connectivity index (χ4v) is 3.05. The minimum atomic E-state index is -0.517. The normalized spacial score (nSPS) is 12.7. The van der Waals surface area contributed by atoms with Crippen LogP contribution in [-0.2, 0) is 9.47 Å². The first kappa shape index (κ1) is 20.2. The molecule has 0 aromatic heterocycles. The van der Waals surface area contributed by atoms with Crippen LogP contribution < -0.4 is 5.32 Å². The molecule has 1 heterocycles. The van der Waals surface area contributed by atoms with Crippen LogP contribution in [0.4, 0.5) is 5.69 Å². The van der Waals surface area contributed by atoms with Crippen LogP contribution in [0.15, 0.2) is 42.5 Å². The number of benzene rings is 2. The summed E-state index contributed by atoms with van der Waals surface area (Å²) in [4.78, 5) is 50.4. The molecule has 0 spiro atoms. The third kappa shape index (κ3) is 4.17. The molecule has 0 saturated carbocycles. The zero-order chi connectivity index (χ0) is 21.0. The Morgan fingerprint density at radius 3 is 2.45 bits per heavy atom. The quantitative estimate of drug-likeness (QED) is 0.438. The van der Waals surface area contributed by atoms with Gasteiger partial charge in [-0.3, -0.25) is 19.3 Å². The van der Waals surface area contributed by atoms with E-state index in [2.05, 4.69) is 10.1 Å². The maximum Gasteiger partial charge on any atom is 0.337 e. The summed E-state index contributed by atoms with van der Waals surface area (Å²) in [6.07, 6.45) is 0.534. The molecule has 8 heteroatoms. The first-order valence-electron chi connectivity index (χ1n) is 8.95. The number of esters is 1. The number of carbonyl (C=O) groups is 4. The largest absolute Gasteiger partial charge is 0.465 e. The van der Waals surface area contributed by atoms with Crippen LogP contribution >= 0.6 is 0 Å². The molecular formula is C21H20N2O6. The van der Waals surface area contributed by atoms with Crippen LogP contribution in [-0.4, -0.2) is 56.0 Å². The van der Waals surface area contributed by atoms with Gasteiger partial charge in [0.05, 0.1) is 23.8 Å². The lowest BCUT2D eigenvalue weighted by Crippen LogP contribution is -2.31. The Hall–Kier alpha value is -3.52. The van der Waals surface area contributed by atoms with Crippen molar-refractivity contribution in [3.8, 4) is 0 Å². The van der Waals surface area contributed by atoms with Crippen LogP contribution in [0.25, 0.3) is 0 Å². The summed E-state index contributed by atoms with van der Waals surface area (Å²) in [7, 11) is 2.82. The van der Waals surface area contributed by atoms with Crippen molar-refractivity contribution in [2.24, 2.45) is 0 Å². The maximum atomic E-state index is 12.6. The van der Waals surface area contributed by atoms with E-state index in [0.29, 0.717) is 24.3 Å². The van der Waals surface area contributed by atoms with Crippen molar-refractivity contribution in [2.75, 3.05) is 32.7 Å². The predicted octanol–water partition coefficient (Wildman–Crippen LogP) is 2.36. The Bertz CT molecular complexity index is 985. The third-order valence-corrected chi connectivity index (χ3v) is 4.50. The molecule has 0 atom stereocenters. The first-order valence-corrected chi connectivity index (χ1v) is 8.95. The minimum absolute atomic E-state index is 0.198. The molecule has 0 fully saturated rings. The summed E-state index contributed by atoms with van der Waals surface area (Å²) in [5.41, 5.74) is 1.40. The summed E-state index contributed by atoms with van der Waals surface area (Å²) >= 11 is 0. The highest BCUT2D eigenvalue weighted by atomic mass is 16.5. The summed E-state index contributed by atoms with van der Waals surface area (Å²) in [6.45, 7) is 0.688. The van der Waals surface area contributed by atoms with Crippen molar-refractivity contribution < 1.29 is 28.7 Å². The Labute approximate surface area is 167 Å². The number of hydrogen-bond donors (Lipinski definition) is 1. The number of imide groups is 1. The number of nitrogens with one attached hydrogen (secondary N) is 1. The third-order valence-electron chi connectivity index (χ3n) is 4.50. The van der Waals surface area contributed by atoms with E-state index < -0.39 is 17.8 Å². The van der Waals surface area contributed by atoms with Crippen LogP contribution in [0, 0.1) is 0 Å². The van der Waals surface area contributed by atoms with E-state index in [1.54, 1.807) is 25.3 Å². The van der Waals surface area contributed by atoms with Gasteiger partial charge in [0, 0.05) is 31.5 Å². The number of nitrogens with zero attached hydrogens (tertiary/aromatic N) is 1. The van der Waals surface area contributed by atoms with Crippen molar-refractivity contribution in [1.82, 2.24) is 4.90 Å². The van der Waals surface area contributed by atoms with Gasteiger partial charge >= 0.3 is 5.97 Å². The van der Waals surface area contributed by atoms with E-state index >= 15 is 0 Å². The minimum Gasteiger partial charge on any atom is -0.465 e. The van der Waals surface area contributed by atoms with Crippen LogP contribution in [0.5, 0.6) is 0 Å². The van der Waals surface area contributed by atoms with Crippen molar-refractivity contribution >= 4 is 29.4 Å². The number of hydrogen-bond acceptors (Lipinski definition) is 6. The topological polar surface area (TPSA) is 102 Å². The highest BCUT2D eigenvalue weighted by Crippen LogP contribution is 2.25. The Morgan fingerprint density at radius 1 is 0.966 bits per heavy atom. The molecule has 0 bridgehead atoms. The van der Waals surface area contributed by atoms with Crippen molar-refractivity contribution in [3.63, 3.8) is 0 Å². The zero-order valence-electron chi connectivity index (χ0n) is 16.1. The molecule has 150 valence electrons. The van der Waals surface area contributed by atoms with E-state index in [4.69, 9.17) is 4.74 Å². The molecule has 1 aliphatic rings. The monoisotopic (exact) mass is 396 g/mol. The summed E-state index contributed by atoms with van der Waals surface area (Å²) in [5, 5.41) is 2.67. The average molecular weight is 396 g/mol. The number of methoxy groups -OCH3 is 2. The second-order valence-corrected chi connectivity index (χ2v) is 6.40. The Balaban J connectivity index is 1.77. The summed E-state index contributed by atoms with van der Waals surface area (Å²) in [6, 6.07) is 10.7. The molecule has 29 heavy (non-hydrogen) atoms. The van der Waals surface area contributed by atoms with Crippen LogP contribution in [0.3, 0.4) is 0 Å². The maximum absolute atomic E-state index is 12.6. The lowest BCUT2D eigenvalue weighted by Gasteiger charge is -2.12. The average Bonchev–Trinajstić information content (AvgIpc) is 2.97. The number of carbonyl (C=O) groups excluding carboxylic acids is 4. The molecule has 3 amide bonds. The number of amides is 3. The van der Waals surface area contributed by atoms with Crippen molar-refractivity contribution in [2.45, 2.75) is 6.42 Å². The SMILES string of the molecule is COCCCN1C(=O)c2ccc(C(=O)Nc3cccc(C(=O)OC)c3)cc2C1=O. The van der Waals surface area contributed by atoms with Gasteiger partial charge in [-0.15, -0.1) is 0 Å². The molecule has 0 radical (unpaired) electrons. The van der Waals surface area contributed by atoms with Gasteiger partial charge in [0.2, 0.25) is 0 Å². The molecule has 1 aliphatic heterocycles. The number of ether oxygens (including phenoxy) is 2. The number of anilines is 1. The highest BCUT2D eigenvalue weighted by molar-refractivity contribution is 6.22. The van der Waals surface area contributed by atoms with Crippen LogP contribution in [0.1, 0.15) is 47.9 Å². The van der Waals surface area contributed by atoms with E-state index in [-0.39, 0.29) is 29.1 Å². The molecule has 3 rings (SSSR count). The lowest BCUT2D eigenvalue weighted by molar-refractivity contribution is 0.0597. The molecular weight excluding hydrogens is 376 g/mol. The molecule has 0 aliphatic carbocycles. The zero-order valence-corrected chi connectivity index (χ0v) is 16.1. The van der Waals surface area contributed by atoms with E-state index in [9.17, 15) is 19.2 Å². The van der Waals surface area contributed by atoms with Gasteiger partial charge in [0.15, 0.2) is 0 Å². The van der Waals surface area contributed by atoms with E-state index in [1.165, 1.54) is 31.4 Å². The molecule has 0 unspecified atom stereocenters. The summed E-state index contributed by atoms with van der Waals surface area (Å²) < 4.78 is 9.62. The first-order chi connectivity index (χ1) is 14.0. The van der Waals surface area contributed by atoms with Crippen molar-refractivity contribution in [3.05, 3.63) is 64.7 Å². The molecule has 2 aromatic rings. The summed E-state index contributed by atoms with van der Waals surface area (Å²) in [5.74, 6) is -1.79. The van der Waals surface area contributed by atoms with Gasteiger partial charge in [-0.25, -0.2) is 4.79 Å². The molecule has 8 nitrogen and oxygen atoms in total. The van der Waals surface area contributed by atoms with Gasteiger partial charge < -0.3 is 14.8 Å². The second kappa shape index (κ2) is 8.66. The predicted molar refractivity (Wildman–Crippen MR) is 104 cm³/mol. The molecule has 2 aromatic carbocycles. The highest BCUT2D eigenvalue weighted by Gasteiger charge is 2.35. The lowest BCUT2D eigenvalue weighted by atomic mass is 10.1. The second-order valence-electron chi connectivity index (χ2n) is 6.40. The standard InChI is InChI=1S/C21H20N2O6/c1-28-10-4-9-23-19(25)16-8-7-13(12-17(16)20(23)26)18(24)22-15-6-3-5-14(11-15)21(27)29-2/h3,5-8,11-12H,4,9-10H2,1-2H3,(H,22,24). The van der Waals surface area contributed by atoms with E-state index in [1.807, 2.05) is 0 Å². The van der Waals surface area contributed by atoms with E-state index in [0.717, 1.165) is 4.90 Å². The van der Waals surface area contributed by atoms with Crippen LogP contribution in [0.2, 0.25) is 0 Å². The Kier molecular flexibility index (Phi) is 6.04. The molecule has 0 saturated heterocycles. The van der Waals surface area contributed by atoms with Gasteiger partial charge in [0.25, 0.3) is 17.7 Å². The smallest absolute Gasteiger partial charge is 0.337 e. The Morgan fingerprint density at radius 2 is 1.72 bits per heavy atom. The van der Waals surface area contributed by atoms with Crippen molar-refractivity contribution in [1.29, 1.82) is 0 Å². The molecule has 1 N–H and O–H groups in total. The van der Waals surface area contributed by atoms with Gasteiger partial charge in [0.1, 0.15) is 0 Å². The van der Waals surface area contributed by atoms with Gasteiger partial charge in [-0.2, -0.15) is 0 Å².